The first-order valence-electron chi connectivity index (χ1n) is 6.83. The second kappa shape index (κ2) is 6.45. The van der Waals surface area contributed by atoms with E-state index in [4.69, 9.17) is 0 Å². The van der Waals surface area contributed by atoms with Crippen molar-refractivity contribution in [3.63, 3.8) is 0 Å². The van der Waals surface area contributed by atoms with E-state index in [0.717, 1.165) is 40.2 Å². The van der Waals surface area contributed by atoms with Crippen molar-refractivity contribution >= 4 is 15.9 Å². The summed E-state index contributed by atoms with van der Waals surface area (Å²) in [5.74, 6) is 0. The molecule has 1 unspecified atom stereocenters. The number of halogens is 1. The molecule has 2 aromatic heterocycles. The Hall–Kier alpha value is -1.27. The zero-order valence-corrected chi connectivity index (χ0v) is 13.9. The van der Waals surface area contributed by atoms with Gasteiger partial charge in [-0.15, -0.1) is 0 Å². The minimum atomic E-state index is 0.0611. The Labute approximate surface area is 127 Å². The van der Waals surface area contributed by atoms with E-state index in [-0.39, 0.29) is 6.04 Å². The molecule has 5 nitrogen and oxygen atoms in total. The van der Waals surface area contributed by atoms with Gasteiger partial charge in [0.1, 0.15) is 0 Å². The van der Waals surface area contributed by atoms with Crippen LogP contribution in [0.2, 0.25) is 0 Å². The Morgan fingerprint density at radius 3 is 2.70 bits per heavy atom. The quantitative estimate of drug-likeness (QED) is 0.911. The lowest BCUT2D eigenvalue weighted by atomic mass is 10.0. The number of hydrogen-bond donors (Lipinski definition) is 1. The van der Waals surface area contributed by atoms with Gasteiger partial charge < -0.3 is 5.32 Å². The smallest absolute Gasteiger partial charge is 0.0778 e. The highest BCUT2D eigenvalue weighted by Gasteiger charge is 2.23. The largest absolute Gasteiger partial charge is 0.305 e. The number of aryl methyl sites for hydroxylation is 3. The van der Waals surface area contributed by atoms with Crippen LogP contribution in [0.3, 0.4) is 0 Å². The normalized spacial score (nSPS) is 12.7. The molecule has 0 aliphatic heterocycles. The molecule has 0 saturated carbocycles. The summed E-state index contributed by atoms with van der Waals surface area (Å²) in [7, 11) is 0. The van der Waals surface area contributed by atoms with Crippen LogP contribution in [0.25, 0.3) is 0 Å². The first-order valence-corrected chi connectivity index (χ1v) is 7.63. The van der Waals surface area contributed by atoms with E-state index in [0.29, 0.717) is 0 Å². The molecule has 0 aromatic carbocycles. The van der Waals surface area contributed by atoms with Gasteiger partial charge in [0.05, 0.1) is 33.8 Å². The molecule has 2 rings (SSSR count). The van der Waals surface area contributed by atoms with E-state index in [1.807, 2.05) is 24.7 Å². The lowest BCUT2D eigenvalue weighted by Crippen LogP contribution is -2.26. The van der Waals surface area contributed by atoms with Crippen LogP contribution < -0.4 is 5.32 Å². The number of rotatable bonds is 5. The minimum absolute atomic E-state index is 0.0611. The highest BCUT2D eigenvalue weighted by molar-refractivity contribution is 9.10. The van der Waals surface area contributed by atoms with Crippen LogP contribution in [0.4, 0.5) is 0 Å². The van der Waals surface area contributed by atoms with Crippen LogP contribution in [0, 0.1) is 13.8 Å². The highest BCUT2D eigenvalue weighted by Crippen LogP contribution is 2.30. The van der Waals surface area contributed by atoms with Gasteiger partial charge >= 0.3 is 0 Å². The third-order valence-electron chi connectivity index (χ3n) is 3.27. The molecule has 0 bridgehead atoms. The maximum absolute atomic E-state index is 4.41. The van der Waals surface area contributed by atoms with Crippen molar-refractivity contribution in [2.24, 2.45) is 0 Å². The fourth-order valence-corrected chi connectivity index (χ4v) is 2.86. The van der Waals surface area contributed by atoms with Crippen LogP contribution in [0.5, 0.6) is 0 Å². The molecular formula is C14H20BrN5. The van der Waals surface area contributed by atoms with Crippen molar-refractivity contribution < 1.29 is 0 Å². The van der Waals surface area contributed by atoms with Gasteiger partial charge in [0.15, 0.2) is 0 Å². The first kappa shape index (κ1) is 15.1. The van der Waals surface area contributed by atoms with Crippen LogP contribution >= 0.6 is 15.9 Å². The molecule has 0 radical (unpaired) electrons. The van der Waals surface area contributed by atoms with Crippen LogP contribution in [0.1, 0.15) is 42.5 Å². The molecule has 0 aliphatic carbocycles. The summed E-state index contributed by atoms with van der Waals surface area (Å²) < 4.78 is 3.02. The van der Waals surface area contributed by atoms with Crippen molar-refractivity contribution in [2.75, 3.05) is 6.54 Å². The third-order valence-corrected chi connectivity index (χ3v) is 3.88. The Morgan fingerprint density at radius 1 is 1.30 bits per heavy atom. The second-order valence-corrected chi connectivity index (χ2v) is 5.57. The molecule has 0 saturated heterocycles. The Kier molecular flexibility index (Phi) is 4.88. The molecule has 0 fully saturated rings. The Balaban J connectivity index is 2.56. The highest BCUT2D eigenvalue weighted by atomic mass is 79.9. The lowest BCUT2D eigenvalue weighted by Gasteiger charge is -2.21. The van der Waals surface area contributed by atoms with Crippen molar-refractivity contribution in [2.45, 2.75) is 40.3 Å². The van der Waals surface area contributed by atoms with Crippen molar-refractivity contribution in [1.29, 1.82) is 0 Å². The number of hydrogen-bond acceptors (Lipinski definition) is 4. The number of aromatic nitrogens is 4. The number of nitrogens with one attached hydrogen (secondary N) is 1. The Morgan fingerprint density at radius 2 is 2.05 bits per heavy atom. The summed E-state index contributed by atoms with van der Waals surface area (Å²) in [6, 6.07) is 2.15. The molecule has 1 atom stereocenters. The average molecular weight is 338 g/mol. The van der Waals surface area contributed by atoms with Gasteiger partial charge in [0, 0.05) is 12.1 Å². The third kappa shape index (κ3) is 2.91. The van der Waals surface area contributed by atoms with E-state index in [2.05, 4.69) is 56.5 Å². The van der Waals surface area contributed by atoms with Crippen LogP contribution in [0.15, 0.2) is 16.7 Å². The Bertz CT molecular complexity index is 593. The SMILES string of the molecule is CCNC(c1cc(C)nnc1C)c1c(Br)cnn1CC. The molecule has 0 aliphatic rings. The van der Waals surface area contributed by atoms with Gasteiger partial charge in [-0.05, 0) is 49.3 Å². The number of nitrogens with zero attached hydrogens (tertiary/aromatic N) is 4. The zero-order valence-electron chi connectivity index (χ0n) is 12.3. The minimum Gasteiger partial charge on any atom is -0.305 e. The summed E-state index contributed by atoms with van der Waals surface area (Å²) in [6.07, 6.45) is 1.85. The van der Waals surface area contributed by atoms with Crippen molar-refractivity contribution in [3.8, 4) is 0 Å². The van der Waals surface area contributed by atoms with E-state index < -0.39 is 0 Å². The van der Waals surface area contributed by atoms with Crippen LogP contribution in [-0.2, 0) is 6.54 Å². The fourth-order valence-electron chi connectivity index (χ4n) is 2.33. The van der Waals surface area contributed by atoms with E-state index in [9.17, 15) is 0 Å². The second-order valence-electron chi connectivity index (χ2n) is 4.71. The summed E-state index contributed by atoms with van der Waals surface area (Å²) in [5.41, 5.74) is 4.14. The molecule has 0 spiro atoms. The average Bonchev–Trinajstić information content (AvgIpc) is 2.80. The van der Waals surface area contributed by atoms with Gasteiger partial charge in [0.2, 0.25) is 0 Å². The molecule has 2 heterocycles. The topological polar surface area (TPSA) is 55.6 Å². The van der Waals surface area contributed by atoms with Crippen LogP contribution in [-0.4, -0.2) is 26.5 Å². The standard InChI is InChI=1S/C14H20BrN5/c1-5-16-13(11-7-9(3)18-19-10(11)4)14-12(15)8-17-20(14)6-2/h7-8,13,16H,5-6H2,1-4H3. The molecule has 0 amide bonds. The molecule has 1 N–H and O–H groups in total. The summed E-state index contributed by atoms with van der Waals surface area (Å²) in [4.78, 5) is 0. The summed E-state index contributed by atoms with van der Waals surface area (Å²) in [5, 5.41) is 16.3. The summed E-state index contributed by atoms with van der Waals surface area (Å²) in [6.45, 7) is 9.85. The van der Waals surface area contributed by atoms with Gasteiger partial charge in [-0.1, -0.05) is 6.92 Å². The maximum Gasteiger partial charge on any atom is 0.0778 e. The monoisotopic (exact) mass is 337 g/mol. The van der Waals surface area contributed by atoms with Crippen molar-refractivity contribution in [3.05, 3.63) is 39.4 Å². The first-order chi connectivity index (χ1) is 9.58. The zero-order chi connectivity index (χ0) is 14.7. The van der Waals surface area contributed by atoms with Gasteiger partial charge in [-0.25, -0.2) is 0 Å². The molecule has 6 heteroatoms. The fraction of sp³-hybridized carbons (Fsp3) is 0.500. The van der Waals surface area contributed by atoms with Gasteiger partial charge in [0.25, 0.3) is 0 Å². The molecule has 20 heavy (non-hydrogen) atoms. The summed E-state index contributed by atoms with van der Waals surface area (Å²) >= 11 is 3.61. The lowest BCUT2D eigenvalue weighted by molar-refractivity contribution is 0.536. The molecular weight excluding hydrogens is 318 g/mol. The predicted molar refractivity (Wildman–Crippen MR) is 82.6 cm³/mol. The molecule has 108 valence electrons. The van der Waals surface area contributed by atoms with E-state index in [1.54, 1.807) is 0 Å². The predicted octanol–water partition coefficient (Wildman–Crippen LogP) is 2.77. The van der Waals surface area contributed by atoms with Gasteiger partial charge in [-0.2, -0.15) is 15.3 Å². The van der Waals surface area contributed by atoms with Gasteiger partial charge in [-0.3, -0.25) is 4.68 Å². The van der Waals surface area contributed by atoms with E-state index >= 15 is 0 Å². The van der Waals surface area contributed by atoms with Crippen molar-refractivity contribution in [1.82, 2.24) is 25.3 Å². The van der Waals surface area contributed by atoms with E-state index in [1.165, 1.54) is 0 Å². The molecule has 2 aromatic rings. The maximum atomic E-state index is 4.41.